The van der Waals surface area contributed by atoms with E-state index < -0.39 is 0 Å². The molecular weight excluding hydrogens is 214 g/mol. The van der Waals surface area contributed by atoms with Crippen LogP contribution in [0.1, 0.15) is 25.0 Å². The molecule has 0 saturated heterocycles. The maximum Gasteiger partial charge on any atom is 0.192 e. The van der Waals surface area contributed by atoms with Crippen molar-refractivity contribution < 1.29 is 4.42 Å². The fraction of sp³-hybridized carbons (Fsp3) is 0.357. The lowest BCUT2D eigenvalue weighted by molar-refractivity contribution is 0.498. The van der Waals surface area contributed by atoms with Crippen molar-refractivity contribution in [2.75, 3.05) is 0 Å². The van der Waals surface area contributed by atoms with Gasteiger partial charge in [-0.15, -0.1) is 0 Å². The first kappa shape index (κ1) is 10.5. The summed E-state index contributed by atoms with van der Waals surface area (Å²) in [6.07, 6.45) is 3.82. The van der Waals surface area contributed by atoms with Gasteiger partial charge in [-0.2, -0.15) is 0 Å². The highest BCUT2D eigenvalue weighted by atomic mass is 16.3. The Bertz CT molecular complexity index is 611. The predicted molar refractivity (Wildman–Crippen MR) is 67.0 cm³/mol. The number of rotatable bonds is 3. The predicted octanol–water partition coefficient (Wildman–Crippen LogP) is 2.22. The van der Waals surface area contributed by atoms with Gasteiger partial charge in [0.15, 0.2) is 5.43 Å². The standard InChI is InChI=1S/C14H15NO2/c15-14(7-8-14)6-5-10-9-12(16)11-3-1-2-4-13(11)17-10/h1-4,9H,5-8,15H2. The minimum atomic E-state index is 0.00418. The Morgan fingerprint density at radius 2 is 2.06 bits per heavy atom. The molecule has 1 fully saturated rings. The van der Waals surface area contributed by atoms with E-state index in [-0.39, 0.29) is 11.0 Å². The Labute approximate surface area is 99.2 Å². The van der Waals surface area contributed by atoms with E-state index in [1.807, 2.05) is 18.2 Å². The lowest BCUT2D eigenvalue weighted by Gasteiger charge is -2.07. The molecule has 2 N–H and O–H groups in total. The van der Waals surface area contributed by atoms with Gasteiger partial charge in [-0.1, -0.05) is 12.1 Å². The van der Waals surface area contributed by atoms with Gasteiger partial charge in [0, 0.05) is 18.0 Å². The fourth-order valence-electron chi connectivity index (χ4n) is 2.06. The fourth-order valence-corrected chi connectivity index (χ4v) is 2.06. The third kappa shape index (κ3) is 2.11. The normalized spacial score (nSPS) is 17.2. The van der Waals surface area contributed by atoms with Gasteiger partial charge < -0.3 is 10.2 Å². The zero-order chi connectivity index (χ0) is 11.9. The molecule has 88 valence electrons. The van der Waals surface area contributed by atoms with E-state index in [0.717, 1.165) is 31.4 Å². The lowest BCUT2D eigenvalue weighted by atomic mass is 10.1. The number of hydrogen-bond acceptors (Lipinski definition) is 3. The summed E-state index contributed by atoms with van der Waals surface area (Å²) in [5.41, 5.74) is 6.72. The van der Waals surface area contributed by atoms with E-state index in [1.54, 1.807) is 12.1 Å². The van der Waals surface area contributed by atoms with Gasteiger partial charge in [0.25, 0.3) is 0 Å². The average Bonchev–Trinajstić information content (AvgIpc) is 3.06. The summed E-state index contributed by atoms with van der Waals surface area (Å²) >= 11 is 0. The van der Waals surface area contributed by atoms with Gasteiger partial charge in [-0.05, 0) is 31.4 Å². The molecule has 1 aromatic heterocycles. The van der Waals surface area contributed by atoms with Crippen LogP contribution in [0.2, 0.25) is 0 Å². The van der Waals surface area contributed by atoms with Crippen molar-refractivity contribution in [3.05, 3.63) is 46.3 Å². The summed E-state index contributed by atoms with van der Waals surface area (Å²) in [5.74, 6) is 0.741. The van der Waals surface area contributed by atoms with Crippen LogP contribution in [0.25, 0.3) is 11.0 Å². The minimum Gasteiger partial charge on any atom is -0.461 e. The number of para-hydroxylation sites is 1. The third-order valence-corrected chi connectivity index (χ3v) is 3.45. The van der Waals surface area contributed by atoms with Crippen LogP contribution >= 0.6 is 0 Å². The van der Waals surface area contributed by atoms with Gasteiger partial charge >= 0.3 is 0 Å². The van der Waals surface area contributed by atoms with E-state index in [0.29, 0.717) is 11.0 Å². The molecule has 0 bridgehead atoms. The van der Waals surface area contributed by atoms with Crippen LogP contribution in [0.5, 0.6) is 0 Å². The molecule has 1 heterocycles. The number of aryl methyl sites for hydroxylation is 1. The molecule has 3 rings (SSSR count). The highest BCUT2D eigenvalue weighted by Crippen LogP contribution is 2.36. The molecule has 0 aliphatic heterocycles. The largest absolute Gasteiger partial charge is 0.461 e. The molecule has 3 nitrogen and oxygen atoms in total. The molecule has 3 heteroatoms. The maximum absolute atomic E-state index is 11.8. The zero-order valence-corrected chi connectivity index (χ0v) is 9.61. The highest BCUT2D eigenvalue weighted by Gasteiger charge is 2.37. The van der Waals surface area contributed by atoms with Crippen molar-refractivity contribution in [2.45, 2.75) is 31.2 Å². The first-order valence-electron chi connectivity index (χ1n) is 5.97. The number of fused-ring (bicyclic) bond motifs is 1. The van der Waals surface area contributed by atoms with E-state index >= 15 is 0 Å². The zero-order valence-electron chi connectivity index (χ0n) is 9.61. The Morgan fingerprint density at radius 3 is 2.82 bits per heavy atom. The Balaban J connectivity index is 1.92. The minimum absolute atomic E-state index is 0.00418. The topological polar surface area (TPSA) is 56.2 Å². The second-order valence-corrected chi connectivity index (χ2v) is 4.94. The number of hydrogen-bond donors (Lipinski definition) is 1. The number of benzene rings is 1. The SMILES string of the molecule is NC1(CCc2cc(=O)c3ccccc3o2)CC1. The van der Waals surface area contributed by atoms with Crippen molar-refractivity contribution in [3.63, 3.8) is 0 Å². The summed E-state index contributed by atoms with van der Waals surface area (Å²) in [5, 5.41) is 0.644. The van der Waals surface area contributed by atoms with Crippen LogP contribution in [-0.4, -0.2) is 5.54 Å². The molecule has 0 amide bonds. The summed E-state index contributed by atoms with van der Waals surface area (Å²) in [7, 11) is 0. The van der Waals surface area contributed by atoms with Crippen LogP contribution < -0.4 is 11.2 Å². The molecule has 1 aliphatic rings. The van der Waals surface area contributed by atoms with Crippen molar-refractivity contribution in [1.29, 1.82) is 0 Å². The average molecular weight is 229 g/mol. The van der Waals surface area contributed by atoms with Crippen molar-refractivity contribution in [2.24, 2.45) is 5.73 Å². The molecular formula is C14H15NO2. The monoisotopic (exact) mass is 229 g/mol. The quantitative estimate of drug-likeness (QED) is 0.878. The van der Waals surface area contributed by atoms with Gasteiger partial charge in [0.05, 0.1) is 5.39 Å². The van der Waals surface area contributed by atoms with Crippen LogP contribution in [0.15, 0.2) is 39.5 Å². The maximum atomic E-state index is 11.8. The Hall–Kier alpha value is -1.61. The summed E-state index contributed by atoms with van der Waals surface area (Å²) < 4.78 is 5.71. The summed E-state index contributed by atoms with van der Waals surface area (Å²) in [6.45, 7) is 0. The van der Waals surface area contributed by atoms with E-state index in [1.165, 1.54) is 0 Å². The van der Waals surface area contributed by atoms with Crippen LogP contribution in [0.3, 0.4) is 0 Å². The molecule has 0 spiro atoms. The summed E-state index contributed by atoms with van der Waals surface area (Å²) in [6, 6.07) is 8.93. The molecule has 1 aromatic carbocycles. The second kappa shape index (κ2) is 3.70. The molecule has 17 heavy (non-hydrogen) atoms. The molecule has 1 aliphatic carbocycles. The van der Waals surface area contributed by atoms with Gasteiger partial charge in [-0.3, -0.25) is 4.79 Å². The number of nitrogens with two attached hydrogens (primary N) is 1. The smallest absolute Gasteiger partial charge is 0.192 e. The van der Waals surface area contributed by atoms with Crippen LogP contribution in [-0.2, 0) is 6.42 Å². The van der Waals surface area contributed by atoms with Crippen LogP contribution in [0.4, 0.5) is 0 Å². The Kier molecular flexibility index (Phi) is 2.30. The second-order valence-electron chi connectivity index (χ2n) is 4.94. The lowest BCUT2D eigenvalue weighted by Crippen LogP contribution is -2.22. The molecule has 1 saturated carbocycles. The third-order valence-electron chi connectivity index (χ3n) is 3.45. The van der Waals surface area contributed by atoms with E-state index in [2.05, 4.69) is 0 Å². The Morgan fingerprint density at radius 1 is 1.29 bits per heavy atom. The van der Waals surface area contributed by atoms with Crippen molar-refractivity contribution >= 4 is 11.0 Å². The van der Waals surface area contributed by atoms with Crippen LogP contribution in [0, 0.1) is 0 Å². The van der Waals surface area contributed by atoms with Crippen molar-refractivity contribution in [3.8, 4) is 0 Å². The molecule has 0 radical (unpaired) electrons. The van der Waals surface area contributed by atoms with Gasteiger partial charge in [-0.25, -0.2) is 0 Å². The molecule has 0 atom stereocenters. The van der Waals surface area contributed by atoms with E-state index in [9.17, 15) is 4.79 Å². The van der Waals surface area contributed by atoms with Gasteiger partial charge in [0.1, 0.15) is 11.3 Å². The summed E-state index contributed by atoms with van der Waals surface area (Å²) in [4.78, 5) is 11.8. The van der Waals surface area contributed by atoms with Crippen molar-refractivity contribution in [1.82, 2.24) is 0 Å². The van der Waals surface area contributed by atoms with Gasteiger partial charge in [0.2, 0.25) is 0 Å². The molecule has 0 unspecified atom stereocenters. The first-order valence-corrected chi connectivity index (χ1v) is 5.97. The van der Waals surface area contributed by atoms with E-state index in [4.69, 9.17) is 10.2 Å². The highest BCUT2D eigenvalue weighted by molar-refractivity contribution is 5.76. The molecule has 2 aromatic rings. The first-order chi connectivity index (χ1) is 8.16.